The second-order valence-corrected chi connectivity index (χ2v) is 7.66. The van der Waals surface area contributed by atoms with Gasteiger partial charge in [0.25, 0.3) is 0 Å². The number of hydrogen-bond donors (Lipinski definition) is 0. The molecule has 0 fully saturated rings. The van der Waals surface area contributed by atoms with E-state index in [1.165, 1.54) is 22.3 Å². The van der Waals surface area contributed by atoms with Gasteiger partial charge < -0.3 is 4.74 Å². The van der Waals surface area contributed by atoms with E-state index in [9.17, 15) is 0 Å². The summed E-state index contributed by atoms with van der Waals surface area (Å²) < 4.78 is 6.00. The zero-order valence-corrected chi connectivity index (χ0v) is 17.4. The van der Waals surface area contributed by atoms with Crippen LogP contribution >= 0.6 is 0 Å². The summed E-state index contributed by atoms with van der Waals surface area (Å²) in [5.41, 5.74) is 5.24. The Labute approximate surface area is 180 Å². The number of hydrogen-bond acceptors (Lipinski definition) is 1. The lowest BCUT2D eigenvalue weighted by Gasteiger charge is -2.28. The van der Waals surface area contributed by atoms with E-state index in [2.05, 4.69) is 104 Å². The van der Waals surface area contributed by atoms with Gasteiger partial charge in [-0.05, 0) is 46.7 Å². The Kier molecular flexibility index (Phi) is 6.61. The molecule has 0 saturated heterocycles. The topological polar surface area (TPSA) is 9.23 Å². The van der Waals surface area contributed by atoms with Gasteiger partial charge in [-0.3, -0.25) is 0 Å². The highest BCUT2D eigenvalue weighted by Gasteiger charge is 2.25. The molecular weight excluding hydrogens is 364 g/mol. The van der Waals surface area contributed by atoms with Gasteiger partial charge in [-0.25, -0.2) is 0 Å². The fraction of sp³-hybridized carbons (Fsp3) is 0.172. The zero-order chi connectivity index (χ0) is 20.6. The van der Waals surface area contributed by atoms with Crippen molar-refractivity contribution in [3.8, 4) is 5.75 Å². The zero-order valence-electron chi connectivity index (χ0n) is 17.4. The lowest BCUT2D eigenvalue weighted by atomic mass is 9.76. The minimum atomic E-state index is 0.307. The Balaban J connectivity index is 1.61. The number of benzene rings is 4. The monoisotopic (exact) mass is 392 g/mol. The summed E-state index contributed by atoms with van der Waals surface area (Å²) in [7, 11) is 0. The minimum Gasteiger partial charge on any atom is -0.489 e. The lowest BCUT2D eigenvalue weighted by Crippen LogP contribution is -2.12. The van der Waals surface area contributed by atoms with Gasteiger partial charge in [0.1, 0.15) is 12.4 Å². The summed E-state index contributed by atoms with van der Waals surface area (Å²) in [5.74, 6) is 1.63. The predicted octanol–water partition coefficient (Wildman–Crippen LogP) is 7.59. The Bertz CT molecular complexity index is 1010. The molecule has 0 N–H and O–H groups in total. The molecule has 150 valence electrons. The average molecular weight is 393 g/mol. The van der Waals surface area contributed by atoms with Gasteiger partial charge >= 0.3 is 0 Å². The first-order valence-corrected chi connectivity index (χ1v) is 10.7. The Morgan fingerprint density at radius 1 is 0.567 bits per heavy atom. The molecule has 0 spiro atoms. The van der Waals surface area contributed by atoms with Crippen molar-refractivity contribution in [3.63, 3.8) is 0 Å². The second kappa shape index (κ2) is 9.93. The average Bonchev–Trinajstić information content (AvgIpc) is 2.83. The van der Waals surface area contributed by atoms with E-state index in [1.807, 2.05) is 18.2 Å². The second-order valence-electron chi connectivity index (χ2n) is 7.66. The molecule has 4 aromatic carbocycles. The van der Waals surface area contributed by atoms with Gasteiger partial charge in [-0.15, -0.1) is 0 Å². The van der Waals surface area contributed by atoms with Crippen molar-refractivity contribution >= 4 is 0 Å². The van der Waals surface area contributed by atoms with E-state index in [-0.39, 0.29) is 0 Å². The number of rotatable bonds is 8. The highest BCUT2D eigenvalue weighted by molar-refractivity contribution is 5.40. The van der Waals surface area contributed by atoms with Crippen LogP contribution in [-0.4, -0.2) is 0 Å². The van der Waals surface area contributed by atoms with Crippen LogP contribution < -0.4 is 4.74 Å². The molecule has 0 radical (unpaired) electrons. The lowest BCUT2D eigenvalue weighted by molar-refractivity contribution is 0.306. The smallest absolute Gasteiger partial charge is 0.119 e. The Morgan fingerprint density at radius 3 is 1.63 bits per heavy atom. The molecule has 0 aliphatic heterocycles. The van der Waals surface area contributed by atoms with Crippen molar-refractivity contribution in [2.45, 2.75) is 31.8 Å². The minimum absolute atomic E-state index is 0.307. The molecule has 0 aromatic heterocycles. The first-order valence-electron chi connectivity index (χ1n) is 10.7. The Hall–Kier alpha value is -3.32. The molecule has 0 heterocycles. The van der Waals surface area contributed by atoms with Crippen LogP contribution in [0.5, 0.6) is 5.75 Å². The van der Waals surface area contributed by atoms with Crippen molar-refractivity contribution < 1.29 is 4.74 Å². The molecule has 4 aromatic rings. The van der Waals surface area contributed by atoms with Crippen LogP contribution in [0.1, 0.15) is 47.4 Å². The maximum Gasteiger partial charge on any atom is 0.119 e. The van der Waals surface area contributed by atoms with Crippen molar-refractivity contribution in [2.24, 2.45) is 0 Å². The summed E-state index contributed by atoms with van der Waals surface area (Å²) in [6, 6.07) is 40.7. The molecule has 4 rings (SSSR count). The van der Waals surface area contributed by atoms with Crippen LogP contribution in [0.2, 0.25) is 0 Å². The van der Waals surface area contributed by atoms with Crippen LogP contribution in [0.3, 0.4) is 0 Å². The van der Waals surface area contributed by atoms with Crippen molar-refractivity contribution in [2.75, 3.05) is 0 Å². The fourth-order valence-electron chi connectivity index (χ4n) is 4.19. The summed E-state index contributed by atoms with van der Waals surface area (Å²) >= 11 is 0. The summed E-state index contributed by atoms with van der Waals surface area (Å²) in [4.78, 5) is 0. The van der Waals surface area contributed by atoms with Crippen LogP contribution in [0.4, 0.5) is 0 Å². The molecule has 2 atom stereocenters. The van der Waals surface area contributed by atoms with E-state index in [0.717, 1.165) is 12.2 Å². The third kappa shape index (κ3) is 4.80. The predicted molar refractivity (Wildman–Crippen MR) is 125 cm³/mol. The van der Waals surface area contributed by atoms with E-state index in [1.54, 1.807) is 0 Å². The quantitative estimate of drug-likeness (QED) is 0.300. The first-order chi connectivity index (χ1) is 14.8. The third-order valence-electron chi connectivity index (χ3n) is 5.72. The fourth-order valence-corrected chi connectivity index (χ4v) is 4.19. The molecule has 30 heavy (non-hydrogen) atoms. The number of ether oxygens (including phenoxy) is 1. The van der Waals surface area contributed by atoms with E-state index in [4.69, 9.17) is 4.74 Å². The highest BCUT2D eigenvalue weighted by atomic mass is 16.5. The molecule has 1 heteroatoms. The molecule has 1 nitrogen and oxygen atoms in total. The van der Waals surface area contributed by atoms with Crippen LogP contribution in [0, 0.1) is 0 Å². The third-order valence-corrected chi connectivity index (χ3v) is 5.72. The van der Waals surface area contributed by atoms with Crippen LogP contribution in [0.25, 0.3) is 0 Å². The first kappa shape index (κ1) is 20.0. The van der Waals surface area contributed by atoms with Gasteiger partial charge in [-0.1, -0.05) is 110 Å². The van der Waals surface area contributed by atoms with E-state index < -0.39 is 0 Å². The van der Waals surface area contributed by atoms with E-state index >= 15 is 0 Å². The standard InChI is InChI=1S/C29H28O/c1-2-28(24-14-8-4-9-15-24)29(25-16-10-5-11-17-25)26-18-20-27(21-19-26)30-22-23-12-6-3-7-13-23/h3-21,28-29H,2,22H2,1H3. The van der Waals surface area contributed by atoms with Gasteiger partial charge in [0.15, 0.2) is 0 Å². The van der Waals surface area contributed by atoms with E-state index in [0.29, 0.717) is 18.4 Å². The van der Waals surface area contributed by atoms with Crippen LogP contribution in [-0.2, 0) is 6.61 Å². The molecular formula is C29H28O. The normalized spacial score (nSPS) is 12.8. The van der Waals surface area contributed by atoms with Gasteiger partial charge in [-0.2, -0.15) is 0 Å². The van der Waals surface area contributed by atoms with Crippen LogP contribution in [0.15, 0.2) is 115 Å². The van der Waals surface area contributed by atoms with Gasteiger partial charge in [0.2, 0.25) is 0 Å². The molecule has 0 saturated carbocycles. The largest absolute Gasteiger partial charge is 0.489 e. The molecule has 0 bridgehead atoms. The van der Waals surface area contributed by atoms with Gasteiger partial charge in [0, 0.05) is 5.92 Å². The Morgan fingerprint density at radius 2 is 1.07 bits per heavy atom. The molecule has 0 aliphatic rings. The molecule has 2 unspecified atom stereocenters. The molecule has 0 aliphatic carbocycles. The van der Waals surface area contributed by atoms with Gasteiger partial charge in [0.05, 0.1) is 0 Å². The van der Waals surface area contributed by atoms with Crippen molar-refractivity contribution in [3.05, 3.63) is 138 Å². The van der Waals surface area contributed by atoms with Crippen molar-refractivity contribution in [1.29, 1.82) is 0 Å². The summed E-state index contributed by atoms with van der Waals surface area (Å²) in [5, 5.41) is 0. The van der Waals surface area contributed by atoms with Crippen molar-refractivity contribution in [1.82, 2.24) is 0 Å². The maximum absolute atomic E-state index is 6.00. The highest BCUT2D eigenvalue weighted by Crippen LogP contribution is 2.40. The molecule has 0 amide bonds. The summed E-state index contributed by atoms with van der Waals surface area (Å²) in [6.45, 7) is 2.87. The maximum atomic E-state index is 6.00. The SMILES string of the molecule is CCC(c1ccccc1)C(c1ccccc1)c1ccc(OCc2ccccc2)cc1. The summed E-state index contributed by atoms with van der Waals surface area (Å²) in [6.07, 6.45) is 1.08.